The van der Waals surface area contributed by atoms with Crippen LogP contribution in [0.4, 0.5) is 4.79 Å². The molecule has 110 valence electrons. The van der Waals surface area contributed by atoms with E-state index in [0.717, 1.165) is 12.8 Å². The van der Waals surface area contributed by atoms with Crippen molar-refractivity contribution < 1.29 is 14.3 Å². The molecule has 0 atom stereocenters. The Morgan fingerprint density at radius 1 is 1.40 bits per heavy atom. The first-order chi connectivity index (χ1) is 9.26. The number of alkyl carbamates (subject to hydrolysis) is 1. The minimum absolute atomic E-state index is 0.00560. The molecule has 1 aliphatic rings. The lowest BCUT2D eigenvalue weighted by atomic mass is 9.86. The van der Waals surface area contributed by atoms with Gasteiger partial charge in [0.2, 0.25) is 0 Å². The van der Waals surface area contributed by atoms with Crippen LogP contribution in [-0.4, -0.2) is 33.3 Å². The van der Waals surface area contributed by atoms with Gasteiger partial charge < -0.3 is 10.1 Å². The molecule has 0 aromatic carbocycles. The molecule has 1 aliphatic carbocycles. The summed E-state index contributed by atoms with van der Waals surface area (Å²) in [5, 5.41) is 7.01. The number of ether oxygens (including phenoxy) is 1. The number of nitrogens with one attached hydrogen (secondary N) is 1. The van der Waals surface area contributed by atoms with Crippen LogP contribution >= 0.6 is 0 Å². The Morgan fingerprint density at radius 2 is 2.05 bits per heavy atom. The third-order valence-electron chi connectivity index (χ3n) is 3.21. The normalized spacial score (nSPS) is 22.0. The second-order valence-electron chi connectivity index (χ2n) is 6.19. The van der Waals surface area contributed by atoms with Crippen LogP contribution in [0.15, 0.2) is 12.3 Å². The molecule has 2 rings (SSSR count). The van der Waals surface area contributed by atoms with E-state index in [-0.39, 0.29) is 17.9 Å². The van der Waals surface area contributed by atoms with E-state index in [1.165, 1.54) is 6.92 Å². The van der Waals surface area contributed by atoms with E-state index in [4.69, 9.17) is 4.74 Å². The summed E-state index contributed by atoms with van der Waals surface area (Å²) in [5.41, 5.74) is 0.127. The molecule has 1 saturated carbocycles. The molecule has 20 heavy (non-hydrogen) atoms. The molecule has 1 N–H and O–H groups in total. The predicted molar refractivity (Wildman–Crippen MR) is 73.7 cm³/mol. The van der Waals surface area contributed by atoms with E-state index >= 15 is 0 Å². The van der Waals surface area contributed by atoms with E-state index in [1.807, 2.05) is 20.8 Å². The molecular formula is C14H21N3O3. The molecule has 1 aromatic rings. The van der Waals surface area contributed by atoms with Gasteiger partial charge in [0.05, 0.1) is 6.04 Å². The van der Waals surface area contributed by atoms with Crippen molar-refractivity contribution in [3.05, 3.63) is 18.0 Å². The van der Waals surface area contributed by atoms with Crippen molar-refractivity contribution in [1.29, 1.82) is 0 Å². The van der Waals surface area contributed by atoms with Gasteiger partial charge in [-0.1, -0.05) is 0 Å². The first-order valence-electron chi connectivity index (χ1n) is 6.80. The summed E-state index contributed by atoms with van der Waals surface area (Å²) >= 11 is 0. The number of ketones is 1. The van der Waals surface area contributed by atoms with Gasteiger partial charge in [0.25, 0.3) is 0 Å². The summed E-state index contributed by atoms with van der Waals surface area (Å²) in [6.07, 6.45) is 2.77. The average Bonchev–Trinajstić information content (AvgIpc) is 2.68. The summed E-state index contributed by atoms with van der Waals surface area (Å²) in [5.74, 6) is 0.00560. The maximum atomic E-state index is 11.6. The monoisotopic (exact) mass is 279 g/mol. The van der Waals surface area contributed by atoms with E-state index in [0.29, 0.717) is 5.69 Å². The van der Waals surface area contributed by atoms with Gasteiger partial charge in [-0.05, 0) is 39.7 Å². The van der Waals surface area contributed by atoms with E-state index in [2.05, 4.69) is 10.4 Å². The number of nitrogens with zero attached hydrogens (tertiary/aromatic N) is 2. The zero-order chi connectivity index (χ0) is 14.9. The lowest BCUT2D eigenvalue weighted by Crippen LogP contribution is -2.47. The Morgan fingerprint density at radius 3 is 2.60 bits per heavy atom. The van der Waals surface area contributed by atoms with Crippen LogP contribution in [-0.2, 0) is 4.74 Å². The van der Waals surface area contributed by atoms with Crippen LogP contribution in [0, 0.1) is 0 Å². The summed E-state index contributed by atoms with van der Waals surface area (Å²) in [7, 11) is 0. The zero-order valence-corrected chi connectivity index (χ0v) is 12.3. The molecule has 1 fully saturated rings. The molecule has 0 bridgehead atoms. The van der Waals surface area contributed by atoms with E-state index in [1.54, 1.807) is 16.9 Å². The van der Waals surface area contributed by atoms with Gasteiger partial charge in [0, 0.05) is 19.2 Å². The van der Waals surface area contributed by atoms with Crippen LogP contribution in [0.5, 0.6) is 0 Å². The standard InChI is InChI=1S/C14H21N3O3/c1-9(18)12-5-6-15-17(12)11-7-10(8-11)16-13(19)20-14(2,3)4/h5-6,10-11H,7-8H2,1-4H3,(H,16,19). The van der Waals surface area contributed by atoms with Crippen molar-refractivity contribution in [2.45, 2.75) is 58.2 Å². The lowest BCUT2D eigenvalue weighted by molar-refractivity contribution is 0.0450. The molecule has 1 heterocycles. The Balaban J connectivity index is 1.84. The Kier molecular flexibility index (Phi) is 3.83. The molecule has 1 aromatic heterocycles. The van der Waals surface area contributed by atoms with Crippen molar-refractivity contribution in [3.63, 3.8) is 0 Å². The predicted octanol–water partition coefficient (Wildman–Crippen LogP) is 2.31. The molecule has 0 unspecified atom stereocenters. The summed E-state index contributed by atoms with van der Waals surface area (Å²) < 4.78 is 6.95. The third kappa shape index (κ3) is 3.37. The van der Waals surface area contributed by atoms with Gasteiger partial charge in [0.1, 0.15) is 11.3 Å². The highest BCUT2D eigenvalue weighted by Gasteiger charge is 2.34. The van der Waals surface area contributed by atoms with Gasteiger partial charge >= 0.3 is 6.09 Å². The fourth-order valence-electron chi connectivity index (χ4n) is 2.26. The Labute approximate surface area is 118 Å². The highest BCUT2D eigenvalue weighted by molar-refractivity contribution is 5.92. The summed E-state index contributed by atoms with van der Waals surface area (Å²) in [4.78, 5) is 23.1. The smallest absolute Gasteiger partial charge is 0.407 e. The maximum absolute atomic E-state index is 11.6. The molecule has 0 radical (unpaired) electrons. The number of Topliss-reactive ketones (excluding diaryl/α,β-unsaturated/α-hetero) is 1. The van der Waals surface area contributed by atoms with Gasteiger partial charge in [-0.15, -0.1) is 0 Å². The van der Waals surface area contributed by atoms with Crippen LogP contribution in [0.2, 0.25) is 0 Å². The van der Waals surface area contributed by atoms with E-state index < -0.39 is 11.7 Å². The maximum Gasteiger partial charge on any atom is 0.407 e. The topological polar surface area (TPSA) is 73.2 Å². The van der Waals surface area contributed by atoms with Crippen molar-refractivity contribution in [2.24, 2.45) is 0 Å². The fourth-order valence-corrected chi connectivity index (χ4v) is 2.26. The number of rotatable bonds is 3. The van der Waals surface area contributed by atoms with Crippen molar-refractivity contribution in [2.75, 3.05) is 0 Å². The minimum atomic E-state index is -0.489. The lowest BCUT2D eigenvalue weighted by Gasteiger charge is -2.36. The number of amides is 1. The van der Waals surface area contributed by atoms with Gasteiger partial charge in [-0.2, -0.15) is 5.10 Å². The highest BCUT2D eigenvalue weighted by Crippen LogP contribution is 2.32. The first-order valence-corrected chi connectivity index (χ1v) is 6.80. The SMILES string of the molecule is CC(=O)c1ccnn1C1CC(NC(=O)OC(C)(C)C)C1. The van der Waals surface area contributed by atoms with Crippen LogP contribution in [0.1, 0.15) is 57.1 Å². The zero-order valence-electron chi connectivity index (χ0n) is 12.3. The fraction of sp³-hybridized carbons (Fsp3) is 0.643. The summed E-state index contributed by atoms with van der Waals surface area (Å²) in [6, 6.07) is 1.97. The molecule has 6 heteroatoms. The number of hydrogen-bond donors (Lipinski definition) is 1. The van der Waals surface area contributed by atoms with E-state index in [9.17, 15) is 9.59 Å². The number of carbonyl (C=O) groups excluding carboxylic acids is 2. The highest BCUT2D eigenvalue weighted by atomic mass is 16.6. The number of carbonyl (C=O) groups is 2. The first kappa shape index (κ1) is 14.6. The third-order valence-corrected chi connectivity index (χ3v) is 3.21. The molecule has 0 aliphatic heterocycles. The number of hydrogen-bond acceptors (Lipinski definition) is 4. The average molecular weight is 279 g/mol. The quantitative estimate of drug-likeness (QED) is 0.862. The molecule has 6 nitrogen and oxygen atoms in total. The second kappa shape index (κ2) is 5.26. The number of aromatic nitrogens is 2. The van der Waals surface area contributed by atoms with Crippen LogP contribution in [0.3, 0.4) is 0 Å². The Hall–Kier alpha value is -1.85. The molecule has 0 spiro atoms. The van der Waals surface area contributed by atoms with Crippen molar-refractivity contribution >= 4 is 11.9 Å². The van der Waals surface area contributed by atoms with Gasteiger partial charge in [-0.3, -0.25) is 9.48 Å². The van der Waals surface area contributed by atoms with Crippen LogP contribution in [0.25, 0.3) is 0 Å². The van der Waals surface area contributed by atoms with Crippen molar-refractivity contribution in [1.82, 2.24) is 15.1 Å². The molecule has 0 saturated heterocycles. The molecular weight excluding hydrogens is 258 g/mol. The van der Waals surface area contributed by atoms with Gasteiger partial charge in [-0.25, -0.2) is 4.79 Å². The largest absolute Gasteiger partial charge is 0.444 e. The van der Waals surface area contributed by atoms with Gasteiger partial charge in [0.15, 0.2) is 5.78 Å². The molecule has 1 amide bonds. The minimum Gasteiger partial charge on any atom is -0.444 e. The summed E-state index contributed by atoms with van der Waals surface area (Å²) in [6.45, 7) is 7.03. The van der Waals surface area contributed by atoms with Crippen molar-refractivity contribution in [3.8, 4) is 0 Å². The Bertz CT molecular complexity index is 510. The second-order valence-corrected chi connectivity index (χ2v) is 6.19. The van der Waals surface area contributed by atoms with Crippen LogP contribution < -0.4 is 5.32 Å².